The summed E-state index contributed by atoms with van der Waals surface area (Å²) in [5, 5.41) is 12.8. The Morgan fingerprint density at radius 1 is 1.19 bits per heavy atom. The predicted octanol–water partition coefficient (Wildman–Crippen LogP) is 4.59. The van der Waals surface area contributed by atoms with Crippen molar-refractivity contribution in [2.45, 2.75) is 26.3 Å². The van der Waals surface area contributed by atoms with E-state index in [0.29, 0.717) is 27.4 Å². The monoisotopic (exact) mass is 455 g/mol. The van der Waals surface area contributed by atoms with Crippen LogP contribution in [0.5, 0.6) is 5.75 Å². The molecule has 31 heavy (non-hydrogen) atoms. The Bertz CT molecular complexity index is 1480. The van der Waals surface area contributed by atoms with Gasteiger partial charge in [0.05, 0.1) is 21.7 Å². The second-order valence-electron chi connectivity index (χ2n) is 7.37. The molecule has 0 bridgehead atoms. The van der Waals surface area contributed by atoms with Gasteiger partial charge in [-0.1, -0.05) is 31.5 Å². The highest BCUT2D eigenvalue weighted by Crippen LogP contribution is 2.32. The van der Waals surface area contributed by atoms with Gasteiger partial charge in [0.15, 0.2) is 0 Å². The maximum absolute atomic E-state index is 13.2. The molecule has 0 amide bonds. The third-order valence-electron chi connectivity index (χ3n) is 4.95. The first-order valence-corrected chi connectivity index (χ1v) is 10.8. The molecule has 0 radical (unpaired) electrons. The molecule has 0 fully saturated rings. The number of hydrogen-bond donors (Lipinski definition) is 0. The van der Waals surface area contributed by atoms with Crippen molar-refractivity contribution in [3.8, 4) is 17.2 Å². The fraction of sp³-hybridized carbons (Fsp3) is 0.238. The van der Waals surface area contributed by atoms with Crippen LogP contribution in [0.3, 0.4) is 0 Å². The molecule has 0 saturated heterocycles. The molecule has 0 aliphatic heterocycles. The van der Waals surface area contributed by atoms with E-state index in [0.717, 1.165) is 21.6 Å². The molecule has 0 atom stereocenters. The maximum Gasteiger partial charge on any atom is 0.291 e. The van der Waals surface area contributed by atoms with Gasteiger partial charge in [0.2, 0.25) is 11.8 Å². The van der Waals surface area contributed by atoms with Gasteiger partial charge in [-0.3, -0.25) is 9.20 Å². The molecule has 8 nitrogen and oxygen atoms in total. The van der Waals surface area contributed by atoms with Gasteiger partial charge in [0.25, 0.3) is 5.56 Å². The lowest BCUT2D eigenvalue weighted by Gasteiger charge is -2.12. The van der Waals surface area contributed by atoms with E-state index in [9.17, 15) is 4.79 Å². The Balaban J connectivity index is 1.57. The lowest BCUT2D eigenvalue weighted by atomic mass is 10.2. The highest BCUT2D eigenvalue weighted by molar-refractivity contribution is 7.22. The average Bonchev–Trinajstić information content (AvgIpc) is 3.44. The van der Waals surface area contributed by atoms with E-state index in [2.05, 4.69) is 15.3 Å². The van der Waals surface area contributed by atoms with Crippen LogP contribution in [0.25, 0.3) is 27.2 Å². The summed E-state index contributed by atoms with van der Waals surface area (Å²) in [5.74, 6) is 2.17. The van der Waals surface area contributed by atoms with Crippen molar-refractivity contribution in [1.82, 2.24) is 24.4 Å². The number of ether oxygens (including phenoxy) is 1. The van der Waals surface area contributed by atoms with Gasteiger partial charge in [-0.05, 0) is 30.3 Å². The summed E-state index contributed by atoms with van der Waals surface area (Å²) in [6.07, 6.45) is 0. The van der Waals surface area contributed by atoms with Gasteiger partial charge in [-0.25, -0.2) is 4.68 Å². The zero-order valence-electron chi connectivity index (χ0n) is 17.0. The first-order chi connectivity index (χ1) is 14.9. The third-order valence-corrected chi connectivity index (χ3v) is 6.15. The van der Waals surface area contributed by atoms with Crippen molar-refractivity contribution in [3.05, 3.63) is 62.8 Å². The van der Waals surface area contributed by atoms with Crippen LogP contribution in [0, 0.1) is 0 Å². The Hall–Kier alpha value is -3.17. The Kier molecular flexibility index (Phi) is 4.79. The SMILES string of the molecule is COc1cccc(-c2nnc(Cn3nc(C(C)C)n4c(cc5sc(Cl)cc54)c3=O)o2)c1. The van der Waals surface area contributed by atoms with Gasteiger partial charge in [-0.2, -0.15) is 5.10 Å². The smallest absolute Gasteiger partial charge is 0.291 e. The topological polar surface area (TPSA) is 87.5 Å². The Morgan fingerprint density at radius 3 is 2.81 bits per heavy atom. The van der Waals surface area contributed by atoms with Crippen LogP contribution < -0.4 is 10.3 Å². The van der Waals surface area contributed by atoms with Crippen molar-refractivity contribution < 1.29 is 9.15 Å². The van der Waals surface area contributed by atoms with Crippen LogP contribution in [-0.2, 0) is 6.54 Å². The van der Waals surface area contributed by atoms with Gasteiger partial charge >= 0.3 is 0 Å². The van der Waals surface area contributed by atoms with E-state index in [1.54, 1.807) is 7.11 Å². The molecule has 0 aliphatic carbocycles. The zero-order chi connectivity index (χ0) is 21.7. The number of hydrogen-bond acceptors (Lipinski definition) is 7. The molecule has 0 N–H and O–H groups in total. The van der Waals surface area contributed by atoms with E-state index in [1.165, 1.54) is 16.0 Å². The minimum absolute atomic E-state index is 0.0750. The number of benzene rings is 1. The Labute approximate surface area is 185 Å². The standard InChI is InChI=1S/C21H18ClN5O3S/c1-11(2)19-25-26(21(28)15-8-16-14(27(15)19)9-17(22)31-16)10-18-23-24-20(30-18)12-5-4-6-13(7-12)29-3/h4-9,11H,10H2,1-3H3. The second-order valence-corrected chi connectivity index (χ2v) is 9.09. The maximum atomic E-state index is 13.2. The van der Waals surface area contributed by atoms with Crippen LogP contribution in [0.2, 0.25) is 4.34 Å². The normalized spacial score (nSPS) is 11.8. The van der Waals surface area contributed by atoms with Crippen molar-refractivity contribution in [1.29, 1.82) is 0 Å². The summed E-state index contributed by atoms with van der Waals surface area (Å²) in [6, 6.07) is 11.1. The molecule has 5 rings (SSSR count). The van der Waals surface area contributed by atoms with Crippen LogP contribution >= 0.6 is 22.9 Å². The Morgan fingerprint density at radius 2 is 2.03 bits per heavy atom. The molecular formula is C21H18ClN5O3S. The summed E-state index contributed by atoms with van der Waals surface area (Å²) in [7, 11) is 1.60. The summed E-state index contributed by atoms with van der Waals surface area (Å²) in [4.78, 5) is 13.2. The van der Waals surface area contributed by atoms with E-state index in [-0.39, 0.29) is 18.0 Å². The molecule has 0 spiro atoms. The number of rotatable bonds is 5. The quantitative estimate of drug-likeness (QED) is 0.385. The van der Waals surface area contributed by atoms with E-state index >= 15 is 0 Å². The summed E-state index contributed by atoms with van der Waals surface area (Å²) in [5.41, 5.74) is 1.94. The van der Waals surface area contributed by atoms with Crippen LogP contribution in [0.4, 0.5) is 0 Å². The molecule has 0 aliphatic rings. The minimum atomic E-state index is -0.231. The van der Waals surface area contributed by atoms with Crippen LogP contribution in [-0.4, -0.2) is 31.5 Å². The van der Waals surface area contributed by atoms with Crippen molar-refractivity contribution in [3.63, 3.8) is 0 Å². The number of aromatic nitrogens is 5. The second kappa shape index (κ2) is 7.51. The van der Waals surface area contributed by atoms with Crippen molar-refractivity contribution in [2.24, 2.45) is 0 Å². The highest BCUT2D eigenvalue weighted by Gasteiger charge is 2.19. The third kappa shape index (κ3) is 3.39. The van der Waals surface area contributed by atoms with E-state index in [4.69, 9.17) is 20.8 Å². The molecule has 4 aromatic heterocycles. The molecule has 1 aromatic carbocycles. The van der Waals surface area contributed by atoms with Crippen molar-refractivity contribution in [2.75, 3.05) is 7.11 Å². The summed E-state index contributed by atoms with van der Waals surface area (Å²) in [6.45, 7) is 4.14. The van der Waals surface area contributed by atoms with Gasteiger partial charge in [-0.15, -0.1) is 21.5 Å². The fourth-order valence-corrected chi connectivity index (χ4v) is 4.67. The first kappa shape index (κ1) is 19.8. The first-order valence-electron chi connectivity index (χ1n) is 9.63. The molecule has 4 heterocycles. The molecule has 10 heteroatoms. The molecule has 5 aromatic rings. The number of nitrogens with zero attached hydrogens (tertiary/aromatic N) is 5. The zero-order valence-corrected chi connectivity index (χ0v) is 18.6. The number of methoxy groups -OCH3 is 1. The van der Waals surface area contributed by atoms with Gasteiger partial charge in [0, 0.05) is 11.5 Å². The van der Waals surface area contributed by atoms with E-state index in [1.807, 2.05) is 54.6 Å². The molecule has 158 valence electrons. The van der Waals surface area contributed by atoms with Gasteiger partial charge < -0.3 is 9.15 Å². The summed E-state index contributed by atoms with van der Waals surface area (Å²) < 4.78 is 15.9. The summed E-state index contributed by atoms with van der Waals surface area (Å²) >= 11 is 7.61. The highest BCUT2D eigenvalue weighted by atomic mass is 35.5. The minimum Gasteiger partial charge on any atom is -0.497 e. The number of fused-ring (bicyclic) bond motifs is 3. The average molecular weight is 456 g/mol. The fourth-order valence-electron chi connectivity index (χ4n) is 3.51. The number of halogens is 1. The number of thiophene rings is 1. The van der Waals surface area contributed by atoms with Crippen LogP contribution in [0.15, 0.2) is 45.6 Å². The van der Waals surface area contributed by atoms with Crippen LogP contribution in [0.1, 0.15) is 31.5 Å². The van der Waals surface area contributed by atoms with E-state index < -0.39 is 0 Å². The molecule has 0 saturated carbocycles. The predicted molar refractivity (Wildman–Crippen MR) is 119 cm³/mol. The molecule has 0 unspecified atom stereocenters. The lowest BCUT2D eigenvalue weighted by Crippen LogP contribution is -2.28. The molecular weight excluding hydrogens is 438 g/mol. The van der Waals surface area contributed by atoms with Crippen molar-refractivity contribution >= 4 is 38.7 Å². The largest absolute Gasteiger partial charge is 0.497 e. The van der Waals surface area contributed by atoms with Gasteiger partial charge in [0.1, 0.15) is 23.6 Å². The lowest BCUT2D eigenvalue weighted by molar-refractivity contribution is 0.414.